The Kier molecular flexibility index (Phi) is 11.3. The van der Waals surface area contributed by atoms with Crippen LogP contribution in [0.2, 0.25) is 0 Å². The van der Waals surface area contributed by atoms with Gasteiger partial charge in [-0.05, 0) is 0 Å². The summed E-state index contributed by atoms with van der Waals surface area (Å²) in [5.41, 5.74) is 20.3. The fraction of sp³-hybridized carbons (Fsp3) is 0.161. The van der Waals surface area contributed by atoms with Crippen molar-refractivity contribution >= 4 is 63.7 Å². The van der Waals surface area contributed by atoms with E-state index in [4.69, 9.17) is 0 Å². The van der Waals surface area contributed by atoms with Crippen LogP contribution in [0.25, 0.3) is 56.7 Å². The summed E-state index contributed by atoms with van der Waals surface area (Å²) in [6, 6.07) is 70.2. The van der Waals surface area contributed by atoms with E-state index < -0.39 is 25.7 Å². The van der Waals surface area contributed by atoms with Gasteiger partial charge in [-0.3, -0.25) is 0 Å². The monoisotopic (exact) mass is 1080 g/mol. The molecule has 0 saturated heterocycles. The van der Waals surface area contributed by atoms with Gasteiger partial charge in [-0.15, -0.1) is 0 Å². The number of hydrogen-bond donors (Lipinski definition) is 0. The van der Waals surface area contributed by atoms with Gasteiger partial charge in [0.1, 0.15) is 0 Å². The van der Waals surface area contributed by atoms with Crippen molar-refractivity contribution in [2.24, 2.45) is 0 Å². The number of halogens is 2. The van der Waals surface area contributed by atoms with Crippen LogP contribution in [0.3, 0.4) is 0 Å². The predicted molar refractivity (Wildman–Crippen MR) is 286 cm³/mol. The van der Waals surface area contributed by atoms with Crippen LogP contribution >= 0.6 is 17.2 Å². The first kappa shape index (κ1) is 43.5. The molecular formula is C62H55Cl2HfSi. The summed E-state index contributed by atoms with van der Waals surface area (Å²) in [5, 5.41) is 2.90. The molecule has 0 radical (unpaired) electrons. The SMILES string of the molecule is CCC(C)c1ccccc1-c1cccc2c1C=C(c1ccccc1)[CH]2[Hf]([Cl])([Cl])([c]1cccc2c1[SiH2]c1ccccc1-2)[CH]1C(c2ccccc2)=Cc2c(-c3ccccc3C(C)CC)cccc21. The average Bonchev–Trinajstić information content (AvgIpc) is 4.10. The molecule has 8 aromatic rings. The van der Waals surface area contributed by atoms with Crippen molar-refractivity contribution in [2.45, 2.75) is 59.7 Å². The van der Waals surface area contributed by atoms with Gasteiger partial charge in [-0.25, -0.2) is 0 Å². The quantitative estimate of drug-likeness (QED) is 0.113. The second kappa shape index (κ2) is 17.2. The van der Waals surface area contributed by atoms with Crippen LogP contribution in [0.4, 0.5) is 0 Å². The van der Waals surface area contributed by atoms with E-state index >= 15 is 0 Å². The Labute approximate surface area is 402 Å². The van der Waals surface area contributed by atoms with Crippen molar-refractivity contribution in [3.8, 4) is 33.4 Å². The average molecular weight is 1080 g/mol. The molecule has 0 aromatic heterocycles. The molecule has 4 unspecified atom stereocenters. The fourth-order valence-electron chi connectivity index (χ4n) is 12.0. The Morgan fingerprint density at radius 1 is 0.439 bits per heavy atom. The van der Waals surface area contributed by atoms with E-state index in [9.17, 15) is 17.2 Å². The molecule has 4 atom stereocenters. The molecule has 0 saturated carbocycles. The molecule has 325 valence electrons. The topological polar surface area (TPSA) is 0 Å². The van der Waals surface area contributed by atoms with Crippen LogP contribution in [0.1, 0.15) is 104 Å². The van der Waals surface area contributed by atoms with E-state index in [0.29, 0.717) is 11.8 Å². The summed E-state index contributed by atoms with van der Waals surface area (Å²) >= 11 is -6.16. The molecule has 4 heteroatoms. The fourth-order valence-corrected chi connectivity index (χ4v) is 49.8. The molecule has 8 aromatic carbocycles. The van der Waals surface area contributed by atoms with E-state index in [1.165, 1.54) is 103 Å². The van der Waals surface area contributed by atoms with Gasteiger partial charge >= 0.3 is 405 Å². The Hall–Kier alpha value is -5.09. The van der Waals surface area contributed by atoms with Crippen LogP contribution < -0.4 is 13.7 Å². The Bertz CT molecular complexity index is 3070. The standard InChI is InChI=1S/2C25H23.C12H9Si.2ClH.Hf/c2*1-3-18(2)22-13-7-8-14-23(22)24-15-9-12-20-16-21(17-25(20)24)19-10-5-4-6-11-19;1-3-7-11-9(5-1)10-6-2-4-8-12(10)13-11;;;/h2*4-18H,3H2,1-2H3;1-7H,13H2;2*1H;/q;;;;;+2/p-2. The first-order valence-corrected chi connectivity index (χ1v) is 40.2. The zero-order chi connectivity index (χ0) is 45.2. The van der Waals surface area contributed by atoms with Crippen LogP contribution in [0.15, 0.2) is 188 Å². The normalized spacial score (nSPS) is 17.8. The van der Waals surface area contributed by atoms with E-state index in [0.717, 1.165) is 12.8 Å². The third-order valence-electron chi connectivity index (χ3n) is 15.5. The first-order chi connectivity index (χ1) is 32.2. The van der Waals surface area contributed by atoms with Crippen LogP contribution in [-0.4, -0.2) is 9.52 Å². The van der Waals surface area contributed by atoms with Gasteiger partial charge in [0.25, 0.3) is 0 Å². The Morgan fingerprint density at radius 3 is 1.35 bits per heavy atom. The molecule has 1 heterocycles. The second-order valence-corrected chi connectivity index (χ2v) is 50.1. The van der Waals surface area contributed by atoms with Crippen LogP contribution in [0, 0.1) is 0 Å². The van der Waals surface area contributed by atoms with Crippen LogP contribution in [0.5, 0.6) is 0 Å². The molecule has 0 nitrogen and oxygen atoms in total. The Morgan fingerprint density at radius 2 is 0.848 bits per heavy atom. The number of hydrogen-bond acceptors (Lipinski definition) is 0. The minimum atomic E-state index is -6.16. The summed E-state index contributed by atoms with van der Waals surface area (Å²) in [6.45, 7) is 9.29. The zero-order valence-electron chi connectivity index (χ0n) is 38.2. The van der Waals surface area contributed by atoms with Crippen molar-refractivity contribution in [1.29, 1.82) is 0 Å². The molecule has 3 aliphatic rings. The third-order valence-corrected chi connectivity index (χ3v) is 46.9. The summed E-state index contributed by atoms with van der Waals surface area (Å²) in [6.07, 6.45) is 7.12. The summed E-state index contributed by atoms with van der Waals surface area (Å²) < 4.78 is 0.717. The van der Waals surface area contributed by atoms with Gasteiger partial charge in [0.2, 0.25) is 0 Å². The second-order valence-electron chi connectivity index (χ2n) is 19.0. The van der Waals surface area contributed by atoms with Gasteiger partial charge in [0, 0.05) is 0 Å². The zero-order valence-corrected chi connectivity index (χ0v) is 44.8. The number of fused-ring (bicyclic) bond motifs is 5. The minimum absolute atomic E-state index is 0.262. The maximum absolute atomic E-state index is 9.63. The van der Waals surface area contributed by atoms with Crippen molar-refractivity contribution < 1.29 is 16.1 Å². The molecule has 0 fully saturated rings. The molecular weight excluding hydrogens is 1020 g/mol. The number of allylic oxidation sites excluding steroid dienone is 2. The first-order valence-electron chi connectivity index (χ1n) is 24.0. The molecule has 66 heavy (non-hydrogen) atoms. The van der Waals surface area contributed by atoms with Crippen LogP contribution in [-0.2, 0) is 16.1 Å². The van der Waals surface area contributed by atoms with E-state index in [1.54, 1.807) is 0 Å². The van der Waals surface area contributed by atoms with E-state index in [-0.39, 0.29) is 7.35 Å². The summed E-state index contributed by atoms with van der Waals surface area (Å²) in [5.74, 6) is 0.814. The number of rotatable bonds is 11. The predicted octanol–water partition coefficient (Wildman–Crippen LogP) is 15.4. The molecule has 0 bridgehead atoms. The molecule has 1 aliphatic heterocycles. The third kappa shape index (κ3) is 6.84. The van der Waals surface area contributed by atoms with Crippen molar-refractivity contribution in [2.75, 3.05) is 0 Å². The van der Waals surface area contributed by atoms with Crippen molar-refractivity contribution in [3.63, 3.8) is 0 Å². The van der Waals surface area contributed by atoms with Gasteiger partial charge in [-0.1, -0.05) is 0 Å². The molecule has 0 spiro atoms. The summed E-state index contributed by atoms with van der Waals surface area (Å²) in [4.78, 5) is 0. The van der Waals surface area contributed by atoms with Crippen molar-refractivity contribution in [3.05, 3.63) is 233 Å². The maximum atomic E-state index is 9.63. The molecule has 11 rings (SSSR count). The molecule has 0 amide bonds. The molecule has 2 aliphatic carbocycles. The van der Waals surface area contributed by atoms with Gasteiger partial charge in [0.15, 0.2) is 0 Å². The Balaban J connectivity index is 1.26. The van der Waals surface area contributed by atoms with E-state index in [1.807, 2.05) is 0 Å². The van der Waals surface area contributed by atoms with Crippen molar-refractivity contribution in [1.82, 2.24) is 0 Å². The van der Waals surface area contributed by atoms with Gasteiger partial charge < -0.3 is 0 Å². The number of benzene rings is 8. The van der Waals surface area contributed by atoms with Gasteiger partial charge in [0.05, 0.1) is 0 Å². The summed E-state index contributed by atoms with van der Waals surface area (Å²) in [7, 11) is 18.3. The van der Waals surface area contributed by atoms with E-state index in [2.05, 4.69) is 228 Å². The van der Waals surface area contributed by atoms with Gasteiger partial charge in [-0.2, -0.15) is 0 Å². The molecule has 0 N–H and O–H groups in total.